The Morgan fingerprint density at radius 3 is 2.07 bits per heavy atom. The summed E-state index contributed by atoms with van der Waals surface area (Å²) in [6.45, 7) is 8.03. The Morgan fingerprint density at radius 1 is 0.822 bits per heavy atom. The molecule has 8 nitrogen and oxygen atoms in total. The van der Waals surface area contributed by atoms with Crippen LogP contribution in [0.3, 0.4) is 0 Å². The van der Waals surface area contributed by atoms with E-state index < -0.39 is 29.7 Å². The molecule has 0 heterocycles. The summed E-state index contributed by atoms with van der Waals surface area (Å²) in [4.78, 5) is 43.2. The van der Waals surface area contributed by atoms with Crippen molar-refractivity contribution in [1.82, 2.24) is 15.5 Å². The Bertz CT molecular complexity index is 1340. The summed E-state index contributed by atoms with van der Waals surface area (Å²) in [5, 5.41) is 16.2. The van der Waals surface area contributed by atoms with E-state index in [0.717, 1.165) is 43.2 Å². The summed E-state index contributed by atoms with van der Waals surface area (Å²) in [6, 6.07) is 23.4. The summed E-state index contributed by atoms with van der Waals surface area (Å²) >= 11 is 0. The number of alkyl carbamates (subject to hydrolysis) is 1. The Kier molecular flexibility index (Phi) is 13.9. The number of amides is 3. The average Bonchev–Trinajstić information content (AvgIpc) is 3.00. The molecule has 3 aromatic carbocycles. The fourth-order valence-corrected chi connectivity index (χ4v) is 5.18. The fraction of sp³-hybridized carbons (Fsp3) is 0.432. The molecule has 0 saturated heterocycles. The summed E-state index contributed by atoms with van der Waals surface area (Å²) in [5.41, 5.74) is 1.50. The molecule has 0 saturated carbocycles. The van der Waals surface area contributed by atoms with E-state index in [1.807, 2.05) is 60.7 Å². The maximum Gasteiger partial charge on any atom is 0.408 e. The van der Waals surface area contributed by atoms with Gasteiger partial charge in [-0.25, -0.2) is 4.79 Å². The van der Waals surface area contributed by atoms with Crippen molar-refractivity contribution in [3.8, 4) is 5.75 Å². The number of hydrogen-bond donors (Lipinski definition) is 3. The third-order valence-electron chi connectivity index (χ3n) is 7.36. The van der Waals surface area contributed by atoms with Crippen molar-refractivity contribution >= 4 is 17.9 Å². The fourth-order valence-electron chi connectivity index (χ4n) is 5.18. The number of benzene rings is 3. The first-order chi connectivity index (χ1) is 21.6. The molecule has 2 atom stereocenters. The van der Waals surface area contributed by atoms with E-state index in [4.69, 9.17) is 4.74 Å². The molecule has 45 heavy (non-hydrogen) atoms. The number of phenols is 1. The lowest BCUT2D eigenvalue weighted by molar-refractivity contribution is -0.142. The molecule has 0 spiro atoms. The predicted octanol–water partition coefficient (Wildman–Crippen LogP) is 7.07. The van der Waals surface area contributed by atoms with Gasteiger partial charge in [0.2, 0.25) is 11.8 Å². The second-order valence-corrected chi connectivity index (χ2v) is 12.4. The van der Waals surface area contributed by atoms with Crippen LogP contribution in [0, 0.1) is 0 Å². The van der Waals surface area contributed by atoms with Gasteiger partial charge in [0.05, 0.1) is 0 Å². The molecule has 0 fully saturated rings. The van der Waals surface area contributed by atoms with E-state index in [2.05, 4.69) is 17.6 Å². The first-order valence-electron chi connectivity index (χ1n) is 16.0. The monoisotopic (exact) mass is 615 g/mol. The van der Waals surface area contributed by atoms with E-state index in [1.165, 1.54) is 12.1 Å². The zero-order valence-corrected chi connectivity index (χ0v) is 27.1. The third kappa shape index (κ3) is 12.3. The lowest BCUT2D eigenvalue weighted by Gasteiger charge is -2.35. The molecular weight excluding hydrogens is 566 g/mol. The van der Waals surface area contributed by atoms with Crippen molar-refractivity contribution in [3.63, 3.8) is 0 Å². The van der Waals surface area contributed by atoms with Gasteiger partial charge in [0.1, 0.15) is 23.4 Å². The topological polar surface area (TPSA) is 108 Å². The van der Waals surface area contributed by atoms with E-state index in [1.54, 1.807) is 37.8 Å². The van der Waals surface area contributed by atoms with Gasteiger partial charge in [0, 0.05) is 19.5 Å². The normalized spacial score (nSPS) is 12.5. The van der Waals surface area contributed by atoms with E-state index in [0.29, 0.717) is 18.5 Å². The molecule has 0 aliphatic heterocycles. The van der Waals surface area contributed by atoms with Gasteiger partial charge in [-0.3, -0.25) is 9.59 Å². The van der Waals surface area contributed by atoms with E-state index >= 15 is 0 Å². The lowest BCUT2D eigenvalue weighted by atomic mass is 9.99. The summed E-state index contributed by atoms with van der Waals surface area (Å²) in [5.74, 6) is -0.783. The van der Waals surface area contributed by atoms with E-state index in [9.17, 15) is 19.5 Å². The maximum absolute atomic E-state index is 14.6. The molecule has 3 rings (SSSR count). The van der Waals surface area contributed by atoms with Crippen LogP contribution in [0.2, 0.25) is 0 Å². The molecule has 8 heteroatoms. The van der Waals surface area contributed by atoms with Crippen molar-refractivity contribution < 1.29 is 24.2 Å². The van der Waals surface area contributed by atoms with Crippen LogP contribution in [0.5, 0.6) is 5.75 Å². The number of unbranched alkanes of at least 4 members (excludes halogenated alkanes) is 5. The van der Waals surface area contributed by atoms with Crippen LogP contribution >= 0.6 is 0 Å². The predicted molar refractivity (Wildman–Crippen MR) is 178 cm³/mol. The Balaban J connectivity index is 1.99. The second-order valence-electron chi connectivity index (χ2n) is 12.4. The van der Waals surface area contributed by atoms with Crippen molar-refractivity contribution in [1.29, 1.82) is 0 Å². The van der Waals surface area contributed by atoms with Crippen molar-refractivity contribution in [2.75, 3.05) is 6.54 Å². The number of rotatable bonds is 16. The lowest BCUT2D eigenvalue weighted by Crippen LogP contribution is -2.54. The highest BCUT2D eigenvalue weighted by Crippen LogP contribution is 2.27. The number of phenolic OH excluding ortho intramolecular Hbond substituents is 1. The SMILES string of the molecule is CCCCCCCCN(C(=O)C(Cc1ccccc1)NC(=O)OC(C)(C)C)C(C(=O)NCc1ccccc1)c1cccc(O)c1. The summed E-state index contributed by atoms with van der Waals surface area (Å²) < 4.78 is 5.53. The number of ether oxygens (including phenoxy) is 1. The molecule has 2 unspecified atom stereocenters. The Morgan fingerprint density at radius 2 is 1.44 bits per heavy atom. The van der Waals surface area contributed by atoms with Gasteiger partial charge in [-0.1, -0.05) is 112 Å². The molecular formula is C37H49N3O5. The first-order valence-corrected chi connectivity index (χ1v) is 16.0. The van der Waals surface area contributed by atoms with Crippen LogP contribution in [-0.2, 0) is 27.3 Å². The maximum atomic E-state index is 14.6. The number of nitrogens with zero attached hydrogens (tertiary/aromatic N) is 1. The summed E-state index contributed by atoms with van der Waals surface area (Å²) in [7, 11) is 0. The molecule has 3 aromatic rings. The quantitative estimate of drug-likeness (QED) is 0.149. The van der Waals surface area contributed by atoms with Crippen LogP contribution in [0.4, 0.5) is 4.79 Å². The van der Waals surface area contributed by atoms with Crippen LogP contribution in [0.1, 0.15) is 89.0 Å². The van der Waals surface area contributed by atoms with Crippen LogP contribution in [0.15, 0.2) is 84.9 Å². The number of aromatic hydroxyl groups is 1. The molecule has 0 bridgehead atoms. The van der Waals surface area contributed by atoms with Gasteiger partial charge in [0.15, 0.2) is 0 Å². The minimum atomic E-state index is -1.04. The number of nitrogens with one attached hydrogen (secondary N) is 2. The van der Waals surface area contributed by atoms with Crippen molar-refractivity contribution in [2.45, 2.75) is 96.9 Å². The molecule has 3 N–H and O–H groups in total. The second kappa shape index (κ2) is 17.8. The number of hydrogen-bond acceptors (Lipinski definition) is 5. The van der Waals surface area contributed by atoms with Gasteiger partial charge < -0.3 is 25.4 Å². The number of carbonyl (C=O) groups excluding carboxylic acids is 3. The highest BCUT2D eigenvalue weighted by molar-refractivity contribution is 5.92. The Labute approximate surface area is 268 Å². The largest absolute Gasteiger partial charge is 0.508 e. The third-order valence-corrected chi connectivity index (χ3v) is 7.36. The zero-order valence-electron chi connectivity index (χ0n) is 27.1. The van der Waals surface area contributed by atoms with Crippen LogP contribution in [0.25, 0.3) is 0 Å². The van der Waals surface area contributed by atoms with Crippen molar-refractivity contribution in [2.24, 2.45) is 0 Å². The zero-order chi connectivity index (χ0) is 32.7. The number of carbonyl (C=O) groups is 3. The van der Waals surface area contributed by atoms with E-state index in [-0.39, 0.29) is 24.6 Å². The molecule has 0 aliphatic carbocycles. The minimum absolute atomic E-state index is 0.00644. The van der Waals surface area contributed by atoms with Gasteiger partial charge >= 0.3 is 6.09 Å². The molecule has 0 radical (unpaired) electrons. The Hall–Kier alpha value is -4.33. The van der Waals surface area contributed by atoms with Crippen LogP contribution < -0.4 is 10.6 Å². The highest BCUT2D eigenvalue weighted by Gasteiger charge is 2.36. The average molecular weight is 616 g/mol. The molecule has 242 valence electrons. The van der Waals surface area contributed by atoms with Gasteiger partial charge in [-0.15, -0.1) is 0 Å². The van der Waals surface area contributed by atoms with Gasteiger partial charge in [-0.05, 0) is 56.0 Å². The highest BCUT2D eigenvalue weighted by atomic mass is 16.6. The first kappa shape index (κ1) is 35.2. The molecule has 0 aromatic heterocycles. The smallest absolute Gasteiger partial charge is 0.408 e. The molecule has 3 amide bonds. The van der Waals surface area contributed by atoms with Gasteiger partial charge in [-0.2, -0.15) is 0 Å². The standard InChI is InChI=1S/C37H49N3O5/c1-5-6-7-8-9-16-24-40(35(43)32(25-28-18-12-10-13-19-28)39-36(44)45-37(2,3)4)33(30-22-17-23-31(41)26-30)34(42)38-27-29-20-14-11-15-21-29/h10-15,17-23,26,32-33,41H,5-9,16,24-25,27H2,1-4H3,(H,38,42)(H,39,44). The summed E-state index contributed by atoms with van der Waals surface area (Å²) in [6.07, 6.45) is 5.49. The molecule has 0 aliphatic rings. The minimum Gasteiger partial charge on any atom is -0.508 e. The van der Waals surface area contributed by atoms with Crippen molar-refractivity contribution in [3.05, 3.63) is 102 Å². The van der Waals surface area contributed by atoms with Crippen LogP contribution in [-0.4, -0.2) is 46.1 Å². The van der Waals surface area contributed by atoms with Gasteiger partial charge in [0.25, 0.3) is 0 Å².